The van der Waals surface area contributed by atoms with Crippen LogP contribution in [0.15, 0.2) is 93.8 Å². The van der Waals surface area contributed by atoms with Gasteiger partial charge in [-0.15, -0.1) is 0 Å². The molecule has 0 spiro atoms. The lowest BCUT2D eigenvalue weighted by atomic mass is 10.1. The van der Waals surface area contributed by atoms with Crippen LogP contribution in [0.25, 0.3) is 11.3 Å². The number of para-hydroxylation sites is 1. The van der Waals surface area contributed by atoms with E-state index in [1.54, 1.807) is 4.90 Å². The van der Waals surface area contributed by atoms with Gasteiger partial charge in [0.2, 0.25) is 0 Å². The second-order valence-corrected chi connectivity index (χ2v) is 9.11. The Hall–Kier alpha value is -2.58. The summed E-state index contributed by atoms with van der Waals surface area (Å²) in [7, 11) is 0. The second kappa shape index (κ2) is 7.92. The Morgan fingerprint density at radius 1 is 0.900 bits per heavy atom. The van der Waals surface area contributed by atoms with E-state index in [1.807, 2.05) is 84.9 Å². The van der Waals surface area contributed by atoms with Crippen LogP contribution in [0.2, 0.25) is 0 Å². The van der Waals surface area contributed by atoms with Crippen LogP contribution in [0, 0.1) is 3.57 Å². The molecule has 148 valence electrons. The van der Waals surface area contributed by atoms with Gasteiger partial charge in [0.15, 0.2) is 6.17 Å². The molecule has 1 aliphatic rings. The molecule has 2 heterocycles. The Morgan fingerprint density at radius 2 is 1.63 bits per heavy atom. The third-order valence-corrected chi connectivity index (χ3v) is 6.30. The van der Waals surface area contributed by atoms with Crippen molar-refractivity contribution < 1.29 is 9.21 Å². The molecule has 1 aromatic heterocycles. The first-order valence-electron chi connectivity index (χ1n) is 9.40. The molecule has 4 nitrogen and oxygen atoms in total. The second-order valence-electron chi connectivity index (χ2n) is 6.95. The summed E-state index contributed by atoms with van der Waals surface area (Å²) in [5.74, 6) is 1.37. The zero-order valence-electron chi connectivity index (χ0n) is 15.7. The minimum atomic E-state index is -0.448. The predicted molar refractivity (Wildman–Crippen MR) is 131 cm³/mol. The van der Waals surface area contributed by atoms with E-state index in [-0.39, 0.29) is 5.91 Å². The zero-order chi connectivity index (χ0) is 20.7. The van der Waals surface area contributed by atoms with Gasteiger partial charge in [0.1, 0.15) is 11.5 Å². The summed E-state index contributed by atoms with van der Waals surface area (Å²) in [6, 6.07) is 27.3. The lowest BCUT2D eigenvalue weighted by Crippen LogP contribution is -2.43. The summed E-state index contributed by atoms with van der Waals surface area (Å²) in [5.41, 5.74) is 3.24. The molecular formula is C24H16BrIN2O2. The van der Waals surface area contributed by atoms with Gasteiger partial charge in [0.05, 0.1) is 5.56 Å². The van der Waals surface area contributed by atoms with Gasteiger partial charge in [-0.05, 0) is 83.3 Å². The summed E-state index contributed by atoms with van der Waals surface area (Å²) in [6.07, 6.45) is -0.448. The van der Waals surface area contributed by atoms with E-state index in [0.29, 0.717) is 11.3 Å². The smallest absolute Gasteiger partial charge is 0.262 e. The molecule has 1 unspecified atom stereocenters. The molecule has 30 heavy (non-hydrogen) atoms. The Labute approximate surface area is 196 Å². The monoisotopic (exact) mass is 570 g/mol. The van der Waals surface area contributed by atoms with Crippen molar-refractivity contribution in [3.63, 3.8) is 0 Å². The molecular weight excluding hydrogens is 555 g/mol. The highest BCUT2D eigenvalue weighted by Gasteiger charge is 2.35. The van der Waals surface area contributed by atoms with Crippen LogP contribution in [0.1, 0.15) is 22.3 Å². The van der Waals surface area contributed by atoms with Gasteiger partial charge in [-0.25, -0.2) is 0 Å². The first-order valence-corrected chi connectivity index (χ1v) is 11.3. The third kappa shape index (κ3) is 3.54. The normalized spacial score (nSPS) is 15.6. The maximum atomic E-state index is 13.4. The maximum Gasteiger partial charge on any atom is 0.262 e. The van der Waals surface area contributed by atoms with Crippen LogP contribution in [0.3, 0.4) is 0 Å². The molecule has 4 aromatic rings. The summed E-state index contributed by atoms with van der Waals surface area (Å²) >= 11 is 5.72. The number of benzene rings is 3. The highest BCUT2D eigenvalue weighted by Crippen LogP contribution is 2.38. The molecule has 5 rings (SSSR count). The molecule has 1 atom stereocenters. The minimum absolute atomic E-state index is 0.0582. The number of hydrogen-bond acceptors (Lipinski definition) is 3. The molecule has 0 aliphatic carbocycles. The van der Waals surface area contributed by atoms with Crippen molar-refractivity contribution in [2.24, 2.45) is 0 Å². The first kappa shape index (κ1) is 19.4. The van der Waals surface area contributed by atoms with Crippen molar-refractivity contribution in [3.05, 3.63) is 104 Å². The van der Waals surface area contributed by atoms with Crippen LogP contribution in [0.5, 0.6) is 0 Å². The number of hydrogen-bond donors (Lipinski definition) is 1. The minimum Gasteiger partial charge on any atom is -0.457 e. The number of rotatable bonds is 3. The molecule has 0 saturated heterocycles. The summed E-state index contributed by atoms with van der Waals surface area (Å²) in [4.78, 5) is 15.2. The summed E-state index contributed by atoms with van der Waals surface area (Å²) in [5, 5.41) is 3.48. The topological polar surface area (TPSA) is 45.5 Å². The van der Waals surface area contributed by atoms with Crippen LogP contribution in [-0.4, -0.2) is 5.91 Å². The van der Waals surface area contributed by atoms with Crippen molar-refractivity contribution in [3.8, 4) is 11.3 Å². The van der Waals surface area contributed by atoms with Crippen molar-refractivity contribution in [1.82, 2.24) is 0 Å². The van der Waals surface area contributed by atoms with Crippen LogP contribution in [-0.2, 0) is 0 Å². The molecule has 1 N–H and O–H groups in total. The first-order chi connectivity index (χ1) is 14.6. The number of nitrogens with one attached hydrogen (secondary N) is 1. The van der Waals surface area contributed by atoms with Gasteiger partial charge in [-0.3, -0.25) is 9.69 Å². The van der Waals surface area contributed by atoms with Crippen molar-refractivity contribution in [2.45, 2.75) is 6.17 Å². The SMILES string of the molecule is O=C1c2ccccc2NC(c2ccc(-c3ccc(Br)cc3)o2)N1c1ccc(I)cc1. The number of halogens is 2. The molecule has 6 heteroatoms. The summed E-state index contributed by atoms with van der Waals surface area (Å²) < 4.78 is 8.34. The van der Waals surface area contributed by atoms with Gasteiger partial charge in [-0.2, -0.15) is 0 Å². The maximum absolute atomic E-state index is 13.4. The number of carbonyl (C=O) groups excluding carboxylic acids is 1. The van der Waals surface area contributed by atoms with E-state index in [0.717, 1.165) is 30.7 Å². The average molecular weight is 571 g/mol. The van der Waals surface area contributed by atoms with E-state index in [1.165, 1.54) is 0 Å². The Morgan fingerprint density at radius 3 is 2.40 bits per heavy atom. The fourth-order valence-electron chi connectivity index (χ4n) is 3.59. The van der Waals surface area contributed by atoms with Gasteiger partial charge in [0.25, 0.3) is 5.91 Å². The van der Waals surface area contributed by atoms with E-state index in [9.17, 15) is 4.79 Å². The lowest BCUT2D eigenvalue weighted by molar-refractivity contribution is 0.0972. The molecule has 0 saturated carbocycles. The fourth-order valence-corrected chi connectivity index (χ4v) is 4.21. The van der Waals surface area contributed by atoms with E-state index in [2.05, 4.69) is 43.8 Å². The number of anilines is 2. The standard InChI is InChI=1S/C24H16BrIN2O2/c25-16-7-5-15(6-8-16)21-13-14-22(30-21)23-27-20-4-2-1-3-19(20)24(29)28(23)18-11-9-17(26)10-12-18/h1-14,23,27H. The molecule has 1 amide bonds. The number of carbonyl (C=O) groups is 1. The number of fused-ring (bicyclic) bond motifs is 1. The van der Waals surface area contributed by atoms with Crippen LogP contribution < -0.4 is 10.2 Å². The number of furan rings is 1. The fraction of sp³-hybridized carbons (Fsp3) is 0.0417. The van der Waals surface area contributed by atoms with Gasteiger partial charge >= 0.3 is 0 Å². The lowest BCUT2D eigenvalue weighted by Gasteiger charge is -2.36. The van der Waals surface area contributed by atoms with Crippen molar-refractivity contribution in [1.29, 1.82) is 0 Å². The molecule has 1 aliphatic heterocycles. The van der Waals surface area contributed by atoms with Gasteiger partial charge in [-0.1, -0.05) is 40.2 Å². The number of amides is 1. The average Bonchev–Trinajstić information content (AvgIpc) is 3.25. The molecule has 0 fully saturated rings. The molecule has 0 radical (unpaired) electrons. The van der Waals surface area contributed by atoms with Crippen LogP contribution >= 0.6 is 38.5 Å². The zero-order valence-corrected chi connectivity index (χ0v) is 19.4. The van der Waals surface area contributed by atoms with E-state index >= 15 is 0 Å². The van der Waals surface area contributed by atoms with Gasteiger partial charge in [0, 0.05) is 25.0 Å². The third-order valence-electron chi connectivity index (χ3n) is 5.06. The molecule has 0 bridgehead atoms. The quantitative estimate of drug-likeness (QED) is 0.268. The highest BCUT2D eigenvalue weighted by molar-refractivity contribution is 14.1. The van der Waals surface area contributed by atoms with E-state index < -0.39 is 6.17 Å². The number of nitrogens with zero attached hydrogens (tertiary/aromatic N) is 1. The highest BCUT2D eigenvalue weighted by atomic mass is 127. The van der Waals surface area contributed by atoms with Gasteiger partial charge < -0.3 is 9.73 Å². The largest absolute Gasteiger partial charge is 0.457 e. The van der Waals surface area contributed by atoms with Crippen molar-refractivity contribution >= 4 is 55.8 Å². The molecule has 3 aromatic carbocycles. The van der Waals surface area contributed by atoms with Crippen LogP contribution in [0.4, 0.5) is 11.4 Å². The van der Waals surface area contributed by atoms with E-state index in [4.69, 9.17) is 4.42 Å². The Bertz CT molecular complexity index is 1220. The predicted octanol–water partition coefficient (Wildman–Crippen LogP) is 7.08. The Kier molecular flexibility index (Phi) is 5.12. The Balaban J connectivity index is 1.58. The van der Waals surface area contributed by atoms with Crippen molar-refractivity contribution in [2.75, 3.05) is 10.2 Å². The summed E-state index contributed by atoms with van der Waals surface area (Å²) in [6.45, 7) is 0.